The molecule has 0 aliphatic carbocycles. The van der Waals surface area contributed by atoms with Crippen LogP contribution in [0.25, 0.3) is 0 Å². The van der Waals surface area contributed by atoms with Crippen LogP contribution in [0.5, 0.6) is 0 Å². The third kappa shape index (κ3) is 2.93. The van der Waals surface area contributed by atoms with E-state index < -0.39 is 0 Å². The van der Waals surface area contributed by atoms with E-state index in [2.05, 4.69) is 29.8 Å². The zero-order valence-corrected chi connectivity index (χ0v) is 11.7. The van der Waals surface area contributed by atoms with Gasteiger partial charge in [-0.1, -0.05) is 6.07 Å². The lowest BCUT2D eigenvalue weighted by Gasteiger charge is -2.39. The summed E-state index contributed by atoms with van der Waals surface area (Å²) in [7, 11) is 0. The van der Waals surface area contributed by atoms with E-state index >= 15 is 0 Å². The van der Waals surface area contributed by atoms with Gasteiger partial charge in [0.05, 0.1) is 0 Å². The van der Waals surface area contributed by atoms with Crippen molar-refractivity contribution in [1.82, 2.24) is 4.98 Å². The molecule has 1 aromatic rings. The lowest BCUT2D eigenvalue weighted by atomic mass is 10.1. The van der Waals surface area contributed by atoms with Crippen molar-refractivity contribution in [3.63, 3.8) is 0 Å². The Bertz CT molecular complexity index is 404. The second-order valence-electron chi connectivity index (χ2n) is 5.17. The summed E-state index contributed by atoms with van der Waals surface area (Å²) in [6.07, 6.45) is 0. The largest absolute Gasteiger partial charge is 0.354 e. The molecule has 2 rings (SSSR count). The van der Waals surface area contributed by atoms with Gasteiger partial charge in [-0.05, 0) is 26.8 Å². The minimum atomic E-state index is 0.301. The summed E-state index contributed by atoms with van der Waals surface area (Å²) < 4.78 is 0.301. The van der Waals surface area contributed by atoms with Gasteiger partial charge in [0.15, 0.2) is 0 Å². The fraction of sp³-hybridized carbons (Fsp3) is 0.615. The first-order valence-corrected chi connectivity index (χ1v) is 7.06. The zero-order valence-electron chi connectivity index (χ0n) is 10.9. The molecular weight excluding hydrogens is 230 g/mol. The summed E-state index contributed by atoms with van der Waals surface area (Å²) in [5, 5.41) is 0. The normalized spacial score (nSPS) is 19.4. The van der Waals surface area contributed by atoms with Gasteiger partial charge in [-0.3, -0.25) is 0 Å². The summed E-state index contributed by atoms with van der Waals surface area (Å²) in [4.78, 5) is 7.05. The fourth-order valence-electron chi connectivity index (χ4n) is 2.20. The van der Waals surface area contributed by atoms with Crippen molar-refractivity contribution >= 4 is 17.6 Å². The molecule has 0 aromatic carbocycles. The van der Waals surface area contributed by atoms with Crippen LogP contribution in [0.1, 0.15) is 25.1 Å². The summed E-state index contributed by atoms with van der Waals surface area (Å²) in [6, 6.07) is 4.14. The average Bonchev–Trinajstić information content (AvgIpc) is 2.27. The zero-order chi connectivity index (χ0) is 12.5. The van der Waals surface area contributed by atoms with Crippen molar-refractivity contribution in [2.45, 2.75) is 32.1 Å². The SMILES string of the molecule is Cc1ccc(CN)c(N2CCSC(C)(C)C2)n1. The van der Waals surface area contributed by atoms with E-state index in [0.717, 1.165) is 35.9 Å². The first-order valence-electron chi connectivity index (χ1n) is 6.07. The van der Waals surface area contributed by atoms with Crippen LogP contribution in [0.15, 0.2) is 12.1 Å². The highest BCUT2D eigenvalue weighted by molar-refractivity contribution is 8.00. The molecular formula is C13H21N3S. The van der Waals surface area contributed by atoms with Crippen LogP contribution in [0.2, 0.25) is 0 Å². The van der Waals surface area contributed by atoms with Gasteiger partial charge in [0.1, 0.15) is 5.82 Å². The Hall–Kier alpha value is -0.740. The Balaban J connectivity index is 2.29. The number of anilines is 1. The Morgan fingerprint density at radius 2 is 2.24 bits per heavy atom. The molecule has 0 atom stereocenters. The quantitative estimate of drug-likeness (QED) is 0.875. The number of aryl methyl sites for hydroxylation is 1. The second-order valence-corrected chi connectivity index (χ2v) is 6.97. The summed E-state index contributed by atoms with van der Waals surface area (Å²) >= 11 is 2.04. The first-order chi connectivity index (χ1) is 8.02. The molecule has 94 valence electrons. The number of thioether (sulfide) groups is 1. The third-order valence-corrected chi connectivity index (χ3v) is 4.34. The van der Waals surface area contributed by atoms with Gasteiger partial charge in [0.25, 0.3) is 0 Å². The molecule has 4 heteroatoms. The number of nitrogens with two attached hydrogens (primary N) is 1. The van der Waals surface area contributed by atoms with E-state index in [0.29, 0.717) is 11.3 Å². The number of nitrogens with zero attached hydrogens (tertiary/aromatic N) is 2. The molecule has 17 heavy (non-hydrogen) atoms. The minimum absolute atomic E-state index is 0.301. The molecule has 0 unspecified atom stereocenters. The van der Waals surface area contributed by atoms with Crippen LogP contribution in [0.4, 0.5) is 5.82 Å². The molecule has 1 saturated heterocycles. The Morgan fingerprint density at radius 1 is 1.47 bits per heavy atom. The predicted octanol–water partition coefficient (Wildman–Crippen LogP) is 2.18. The minimum Gasteiger partial charge on any atom is -0.354 e. The van der Waals surface area contributed by atoms with Crippen LogP contribution in [0.3, 0.4) is 0 Å². The van der Waals surface area contributed by atoms with Gasteiger partial charge in [0, 0.05) is 41.4 Å². The molecule has 2 heterocycles. The standard InChI is InChI=1S/C13H21N3S/c1-10-4-5-11(8-14)12(15-10)16-6-7-17-13(2,3)9-16/h4-5H,6-9,14H2,1-3H3. The molecule has 0 amide bonds. The van der Waals surface area contributed by atoms with Gasteiger partial charge < -0.3 is 10.6 Å². The van der Waals surface area contributed by atoms with Gasteiger partial charge in [-0.25, -0.2) is 4.98 Å². The molecule has 1 aromatic heterocycles. The van der Waals surface area contributed by atoms with E-state index in [1.54, 1.807) is 0 Å². The van der Waals surface area contributed by atoms with Crippen molar-refractivity contribution in [2.75, 3.05) is 23.7 Å². The number of rotatable bonds is 2. The molecule has 2 N–H and O–H groups in total. The van der Waals surface area contributed by atoms with E-state index in [4.69, 9.17) is 5.73 Å². The van der Waals surface area contributed by atoms with Crippen LogP contribution < -0.4 is 10.6 Å². The maximum Gasteiger partial charge on any atom is 0.133 e. The van der Waals surface area contributed by atoms with Crippen molar-refractivity contribution < 1.29 is 0 Å². The van der Waals surface area contributed by atoms with E-state index in [1.165, 1.54) is 0 Å². The highest BCUT2D eigenvalue weighted by Crippen LogP contribution is 2.32. The van der Waals surface area contributed by atoms with Crippen molar-refractivity contribution in [1.29, 1.82) is 0 Å². The van der Waals surface area contributed by atoms with E-state index in [-0.39, 0.29) is 0 Å². The first kappa shape index (κ1) is 12.7. The predicted molar refractivity (Wildman–Crippen MR) is 75.6 cm³/mol. The highest BCUT2D eigenvalue weighted by Gasteiger charge is 2.28. The van der Waals surface area contributed by atoms with E-state index in [1.807, 2.05) is 24.8 Å². The lowest BCUT2D eigenvalue weighted by Crippen LogP contribution is -2.44. The summed E-state index contributed by atoms with van der Waals surface area (Å²) in [5.41, 5.74) is 8.02. The van der Waals surface area contributed by atoms with Crippen molar-refractivity contribution in [3.8, 4) is 0 Å². The molecule has 1 fully saturated rings. The molecule has 0 spiro atoms. The highest BCUT2D eigenvalue weighted by atomic mass is 32.2. The van der Waals surface area contributed by atoms with Gasteiger partial charge in [-0.15, -0.1) is 0 Å². The molecule has 1 aliphatic rings. The van der Waals surface area contributed by atoms with Gasteiger partial charge in [0.2, 0.25) is 0 Å². The summed E-state index contributed by atoms with van der Waals surface area (Å²) in [6.45, 7) is 9.29. The smallest absolute Gasteiger partial charge is 0.133 e. The fourth-order valence-corrected chi connectivity index (χ4v) is 3.31. The van der Waals surface area contributed by atoms with Crippen LogP contribution >= 0.6 is 11.8 Å². The Morgan fingerprint density at radius 3 is 2.88 bits per heavy atom. The van der Waals surface area contributed by atoms with Gasteiger partial charge >= 0.3 is 0 Å². The van der Waals surface area contributed by atoms with Crippen LogP contribution in [0, 0.1) is 6.92 Å². The molecule has 1 aliphatic heterocycles. The average molecular weight is 251 g/mol. The number of pyridine rings is 1. The van der Waals surface area contributed by atoms with Crippen LogP contribution in [-0.4, -0.2) is 28.6 Å². The van der Waals surface area contributed by atoms with E-state index in [9.17, 15) is 0 Å². The lowest BCUT2D eigenvalue weighted by molar-refractivity contribution is 0.639. The monoisotopic (exact) mass is 251 g/mol. The van der Waals surface area contributed by atoms with Crippen molar-refractivity contribution in [2.24, 2.45) is 5.73 Å². The molecule has 0 bridgehead atoms. The number of aromatic nitrogens is 1. The number of hydrogen-bond acceptors (Lipinski definition) is 4. The topological polar surface area (TPSA) is 42.1 Å². The Labute approximate surface area is 108 Å². The summed E-state index contributed by atoms with van der Waals surface area (Å²) in [5.74, 6) is 2.24. The van der Waals surface area contributed by atoms with Gasteiger partial charge in [-0.2, -0.15) is 11.8 Å². The maximum absolute atomic E-state index is 5.80. The third-order valence-electron chi connectivity index (χ3n) is 3.04. The molecule has 0 saturated carbocycles. The maximum atomic E-state index is 5.80. The number of hydrogen-bond donors (Lipinski definition) is 1. The molecule has 3 nitrogen and oxygen atoms in total. The second kappa shape index (κ2) is 4.86. The van der Waals surface area contributed by atoms with Crippen LogP contribution in [-0.2, 0) is 6.54 Å². The van der Waals surface area contributed by atoms with Crippen molar-refractivity contribution in [3.05, 3.63) is 23.4 Å². The Kier molecular flexibility index (Phi) is 3.64. The molecule has 0 radical (unpaired) electrons.